The van der Waals surface area contributed by atoms with Crippen LogP contribution in [0.5, 0.6) is 5.75 Å². The molecule has 0 aliphatic carbocycles. The van der Waals surface area contributed by atoms with Crippen molar-refractivity contribution in [3.8, 4) is 39.4 Å². The Morgan fingerprint density at radius 3 is 2.62 bits per heavy atom. The molecule has 2 aromatic carbocycles. The molecule has 0 spiro atoms. The number of fused-ring (bicyclic) bond motifs is 2. The Labute approximate surface area is 216 Å². The molecule has 0 radical (unpaired) electrons. The molecule has 37 heavy (non-hydrogen) atoms. The standard InChI is InChI=1S/C30H21N5OS/c1-2-5-19(6-3-1)17-36-23-11-21(14-31-16-23)22-12-26-29(34-35-30(26)32-15-22)28-13-25-24(20-9-10-37-18-20)7-4-8-27(25)33-28/h1-16,18,33H,17H2,(H,32,34,35). The number of thiophene rings is 1. The highest BCUT2D eigenvalue weighted by molar-refractivity contribution is 7.08. The monoisotopic (exact) mass is 499 g/mol. The third-order valence-electron chi connectivity index (χ3n) is 6.47. The number of aromatic nitrogens is 5. The molecule has 0 aliphatic rings. The van der Waals surface area contributed by atoms with E-state index in [9.17, 15) is 0 Å². The quantitative estimate of drug-likeness (QED) is 0.249. The summed E-state index contributed by atoms with van der Waals surface area (Å²) in [7, 11) is 0. The van der Waals surface area contributed by atoms with E-state index in [1.165, 1.54) is 16.5 Å². The lowest BCUT2D eigenvalue weighted by atomic mass is 10.0. The van der Waals surface area contributed by atoms with E-state index in [1.54, 1.807) is 17.5 Å². The van der Waals surface area contributed by atoms with Crippen molar-refractivity contribution in [1.82, 2.24) is 25.1 Å². The predicted octanol–water partition coefficient (Wildman–Crippen LogP) is 7.48. The average Bonchev–Trinajstić information content (AvgIpc) is 3.71. The lowest BCUT2D eigenvalue weighted by Crippen LogP contribution is -1.96. The van der Waals surface area contributed by atoms with Crippen LogP contribution in [0.4, 0.5) is 0 Å². The van der Waals surface area contributed by atoms with Crippen LogP contribution >= 0.6 is 11.3 Å². The van der Waals surface area contributed by atoms with E-state index < -0.39 is 0 Å². The number of nitrogens with one attached hydrogen (secondary N) is 2. The van der Waals surface area contributed by atoms with E-state index in [1.807, 2.05) is 48.8 Å². The molecule has 7 aromatic rings. The van der Waals surface area contributed by atoms with Crippen molar-refractivity contribution in [2.24, 2.45) is 0 Å². The Hall–Kier alpha value is -4.75. The first kappa shape index (κ1) is 21.5. The minimum atomic E-state index is 0.489. The van der Waals surface area contributed by atoms with Gasteiger partial charge in [0.15, 0.2) is 5.65 Å². The fraction of sp³-hybridized carbons (Fsp3) is 0.0333. The van der Waals surface area contributed by atoms with Gasteiger partial charge in [-0.3, -0.25) is 10.1 Å². The van der Waals surface area contributed by atoms with Gasteiger partial charge in [-0.2, -0.15) is 16.4 Å². The highest BCUT2D eigenvalue weighted by Crippen LogP contribution is 2.35. The summed E-state index contributed by atoms with van der Waals surface area (Å²) in [6.07, 6.45) is 5.39. The van der Waals surface area contributed by atoms with Crippen molar-refractivity contribution in [2.45, 2.75) is 6.61 Å². The number of pyridine rings is 2. The van der Waals surface area contributed by atoms with Crippen molar-refractivity contribution >= 4 is 33.3 Å². The van der Waals surface area contributed by atoms with E-state index in [4.69, 9.17) is 4.74 Å². The lowest BCUT2D eigenvalue weighted by molar-refractivity contribution is 0.305. The Morgan fingerprint density at radius 2 is 1.73 bits per heavy atom. The van der Waals surface area contributed by atoms with Crippen LogP contribution in [0.25, 0.3) is 55.6 Å². The summed E-state index contributed by atoms with van der Waals surface area (Å²) in [6.45, 7) is 0.489. The van der Waals surface area contributed by atoms with Gasteiger partial charge in [0.2, 0.25) is 0 Å². The van der Waals surface area contributed by atoms with Crippen LogP contribution in [-0.2, 0) is 6.61 Å². The molecule has 0 amide bonds. The van der Waals surface area contributed by atoms with Crippen LogP contribution in [0.2, 0.25) is 0 Å². The third kappa shape index (κ3) is 4.05. The summed E-state index contributed by atoms with van der Waals surface area (Å²) in [5.41, 5.74) is 9.05. The zero-order valence-corrected chi connectivity index (χ0v) is 20.5. The molecule has 0 saturated carbocycles. The van der Waals surface area contributed by atoms with Gasteiger partial charge in [0.1, 0.15) is 12.4 Å². The molecule has 0 unspecified atom stereocenters. The summed E-state index contributed by atoms with van der Waals surface area (Å²) < 4.78 is 5.99. The van der Waals surface area contributed by atoms with Crippen LogP contribution in [0, 0.1) is 0 Å². The second-order valence-electron chi connectivity index (χ2n) is 8.84. The Balaban J connectivity index is 1.24. The summed E-state index contributed by atoms with van der Waals surface area (Å²) in [5.74, 6) is 0.713. The number of ether oxygens (including phenoxy) is 1. The van der Waals surface area contributed by atoms with Crippen LogP contribution in [0.15, 0.2) is 102 Å². The van der Waals surface area contributed by atoms with Gasteiger partial charge < -0.3 is 9.72 Å². The number of rotatable bonds is 6. The number of benzene rings is 2. The zero-order valence-electron chi connectivity index (χ0n) is 19.7. The number of aromatic amines is 2. The molecule has 7 rings (SSSR count). The Morgan fingerprint density at radius 1 is 0.811 bits per heavy atom. The summed E-state index contributed by atoms with van der Waals surface area (Å²) in [4.78, 5) is 12.6. The van der Waals surface area contributed by atoms with Crippen LogP contribution in [0.3, 0.4) is 0 Å². The molecule has 5 aromatic heterocycles. The molecule has 0 aliphatic heterocycles. The van der Waals surface area contributed by atoms with Crippen molar-refractivity contribution < 1.29 is 4.74 Å². The van der Waals surface area contributed by atoms with E-state index >= 15 is 0 Å². The molecule has 0 atom stereocenters. The smallest absolute Gasteiger partial charge is 0.181 e. The lowest BCUT2D eigenvalue weighted by Gasteiger charge is -2.08. The van der Waals surface area contributed by atoms with Crippen LogP contribution in [0.1, 0.15) is 5.56 Å². The molecule has 0 saturated heterocycles. The topological polar surface area (TPSA) is 79.5 Å². The second-order valence-corrected chi connectivity index (χ2v) is 9.62. The molecule has 0 bridgehead atoms. The third-order valence-corrected chi connectivity index (χ3v) is 7.15. The first-order valence-electron chi connectivity index (χ1n) is 11.9. The number of hydrogen-bond acceptors (Lipinski definition) is 5. The molecular formula is C30H21N5OS. The van der Waals surface area contributed by atoms with Gasteiger partial charge >= 0.3 is 0 Å². The average molecular weight is 500 g/mol. The molecule has 178 valence electrons. The van der Waals surface area contributed by atoms with Crippen molar-refractivity contribution in [3.05, 3.63) is 108 Å². The minimum Gasteiger partial charge on any atom is -0.487 e. The SMILES string of the molecule is c1ccc(COc2cncc(-c3cnc4n[nH]c(-c5cc6c(-c7ccsc7)cccc6[nH]5)c4c3)c2)cc1. The van der Waals surface area contributed by atoms with Crippen molar-refractivity contribution in [2.75, 3.05) is 0 Å². The van der Waals surface area contributed by atoms with Gasteiger partial charge in [0.05, 0.1) is 17.6 Å². The van der Waals surface area contributed by atoms with Crippen LogP contribution < -0.4 is 4.74 Å². The van der Waals surface area contributed by atoms with Gasteiger partial charge in [-0.25, -0.2) is 4.98 Å². The maximum Gasteiger partial charge on any atom is 0.181 e. The highest BCUT2D eigenvalue weighted by atomic mass is 32.1. The molecule has 5 heterocycles. The maximum absolute atomic E-state index is 5.99. The highest BCUT2D eigenvalue weighted by Gasteiger charge is 2.15. The molecular weight excluding hydrogens is 478 g/mol. The number of H-pyrrole nitrogens is 2. The second kappa shape index (κ2) is 9.04. The Bertz CT molecular complexity index is 1840. The maximum atomic E-state index is 5.99. The van der Waals surface area contributed by atoms with Crippen molar-refractivity contribution in [3.63, 3.8) is 0 Å². The van der Waals surface area contributed by atoms with E-state index in [-0.39, 0.29) is 0 Å². The molecule has 0 fully saturated rings. The summed E-state index contributed by atoms with van der Waals surface area (Å²) in [5, 5.41) is 14.0. The van der Waals surface area contributed by atoms with Gasteiger partial charge in [-0.15, -0.1) is 0 Å². The largest absolute Gasteiger partial charge is 0.487 e. The van der Waals surface area contributed by atoms with Gasteiger partial charge in [0, 0.05) is 39.8 Å². The Kier molecular flexibility index (Phi) is 5.26. The summed E-state index contributed by atoms with van der Waals surface area (Å²) in [6, 6.07) is 24.9. The predicted molar refractivity (Wildman–Crippen MR) is 148 cm³/mol. The van der Waals surface area contributed by atoms with E-state index in [2.05, 4.69) is 72.3 Å². The van der Waals surface area contributed by atoms with Crippen LogP contribution in [-0.4, -0.2) is 25.1 Å². The molecule has 6 nitrogen and oxygen atoms in total. The van der Waals surface area contributed by atoms with E-state index in [0.29, 0.717) is 18.0 Å². The zero-order chi connectivity index (χ0) is 24.6. The molecule has 2 N–H and O–H groups in total. The number of hydrogen-bond donors (Lipinski definition) is 2. The van der Waals surface area contributed by atoms with Gasteiger partial charge in [-0.1, -0.05) is 42.5 Å². The van der Waals surface area contributed by atoms with Crippen molar-refractivity contribution in [1.29, 1.82) is 0 Å². The fourth-order valence-corrected chi connectivity index (χ4v) is 5.27. The normalized spacial score (nSPS) is 11.4. The molecule has 7 heteroatoms. The van der Waals surface area contributed by atoms with Gasteiger partial charge in [0.25, 0.3) is 0 Å². The van der Waals surface area contributed by atoms with Gasteiger partial charge in [-0.05, 0) is 57.8 Å². The fourth-order valence-electron chi connectivity index (χ4n) is 4.62. The number of nitrogens with zero attached hydrogens (tertiary/aromatic N) is 3. The first-order chi connectivity index (χ1) is 18.3. The minimum absolute atomic E-state index is 0.489. The summed E-state index contributed by atoms with van der Waals surface area (Å²) >= 11 is 1.70. The van der Waals surface area contributed by atoms with E-state index in [0.717, 1.165) is 39.0 Å². The first-order valence-corrected chi connectivity index (χ1v) is 12.9.